The molecule has 3 nitrogen and oxygen atoms in total. The van der Waals surface area contributed by atoms with Crippen molar-refractivity contribution in [3.8, 4) is 0 Å². The number of allylic oxidation sites excluding steroid dienone is 2. The van der Waals surface area contributed by atoms with E-state index in [4.69, 9.17) is 0 Å². The number of hydrogen-bond donors (Lipinski definition) is 1. The largest absolute Gasteiger partial charge is 0.477 e. The number of rotatable bonds is 20. The molecule has 0 aliphatic carbocycles. The highest BCUT2D eigenvalue weighted by Gasteiger charge is 2.37. The van der Waals surface area contributed by atoms with Crippen LogP contribution in [0.5, 0.6) is 0 Å². The monoisotopic (exact) mass is 410 g/mol. The lowest BCUT2D eigenvalue weighted by molar-refractivity contribution is -0.891. The number of carbonyl (C=O) groups is 1. The lowest BCUT2D eigenvalue weighted by Gasteiger charge is -2.36. The Balaban J connectivity index is 3.65. The molecule has 2 unspecified atom stereocenters. The molecule has 0 spiro atoms. The van der Waals surface area contributed by atoms with E-state index in [2.05, 4.69) is 26.0 Å². The van der Waals surface area contributed by atoms with E-state index in [-0.39, 0.29) is 12.0 Å². The lowest BCUT2D eigenvalue weighted by Crippen LogP contribution is -2.53. The Morgan fingerprint density at radius 1 is 0.759 bits per heavy atom. The fourth-order valence-corrected chi connectivity index (χ4v) is 4.40. The molecule has 1 N–H and O–H groups in total. The summed E-state index contributed by atoms with van der Waals surface area (Å²) in [4.78, 5) is 11.7. The first kappa shape index (κ1) is 28.2. The van der Waals surface area contributed by atoms with Gasteiger partial charge in [0.15, 0.2) is 6.04 Å². The second-order valence-corrected chi connectivity index (χ2v) is 9.79. The van der Waals surface area contributed by atoms with Gasteiger partial charge in [0.05, 0.1) is 21.1 Å². The van der Waals surface area contributed by atoms with Gasteiger partial charge in [-0.2, -0.15) is 0 Å². The molecule has 0 aromatic rings. The normalized spacial score (nSPS) is 14.4. The van der Waals surface area contributed by atoms with E-state index in [1.165, 1.54) is 89.9 Å². The molecule has 0 heterocycles. The van der Waals surface area contributed by atoms with E-state index < -0.39 is 5.97 Å². The number of hydrogen-bond acceptors (Lipinski definition) is 1. The van der Waals surface area contributed by atoms with Crippen LogP contribution in [-0.2, 0) is 4.79 Å². The van der Waals surface area contributed by atoms with Crippen LogP contribution >= 0.6 is 0 Å². The predicted molar refractivity (Wildman–Crippen MR) is 127 cm³/mol. The summed E-state index contributed by atoms with van der Waals surface area (Å²) in [6.07, 6.45) is 25.2. The minimum absolute atomic E-state index is 0.282. The maximum atomic E-state index is 11.7. The number of unbranched alkanes of at least 4 members (excludes halogenated alkanes) is 12. The summed E-state index contributed by atoms with van der Waals surface area (Å²) in [5, 5.41) is 9.62. The van der Waals surface area contributed by atoms with Crippen molar-refractivity contribution in [1.82, 2.24) is 0 Å². The van der Waals surface area contributed by atoms with E-state index >= 15 is 0 Å². The van der Waals surface area contributed by atoms with Gasteiger partial charge < -0.3 is 9.59 Å². The Bertz CT molecular complexity index is 411. The van der Waals surface area contributed by atoms with Crippen LogP contribution in [0.15, 0.2) is 12.2 Å². The first-order chi connectivity index (χ1) is 13.8. The molecule has 3 heteroatoms. The number of carboxylic acids is 1. The summed E-state index contributed by atoms with van der Waals surface area (Å²) < 4.78 is 0.514. The number of quaternary nitrogens is 1. The average Bonchev–Trinajstić information content (AvgIpc) is 2.65. The quantitative estimate of drug-likeness (QED) is 0.127. The van der Waals surface area contributed by atoms with Crippen LogP contribution in [-0.4, -0.2) is 42.7 Å². The van der Waals surface area contributed by atoms with Gasteiger partial charge >= 0.3 is 5.97 Å². The number of carboxylic acid groups (broad SMARTS) is 1. The minimum atomic E-state index is -0.645. The molecule has 0 fully saturated rings. The third-order valence-corrected chi connectivity index (χ3v) is 6.15. The topological polar surface area (TPSA) is 37.3 Å². The van der Waals surface area contributed by atoms with Gasteiger partial charge in [-0.15, -0.1) is 0 Å². The summed E-state index contributed by atoms with van der Waals surface area (Å²) in [5.41, 5.74) is 0. The van der Waals surface area contributed by atoms with E-state index in [9.17, 15) is 9.90 Å². The maximum absolute atomic E-state index is 11.7. The van der Waals surface area contributed by atoms with Crippen molar-refractivity contribution in [3.05, 3.63) is 12.2 Å². The van der Waals surface area contributed by atoms with Crippen LogP contribution in [0.1, 0.15) is 117 Å². The van der Waals surface area contributed by atoms with Crippen molar-refractivity contribution in [2.24, 2.45) is 5.92 Å². The summed E-state index contributed by atoms with van der Waals surface area (Å²) >= 11 is 0. The van der Waals surface area contributed by atoms with E-state index in [1.807, 2.05) is 21.1 Å². The standard InChI is InChI=1S/C26H51NO2/c1-6-8-9-10-11-12-13-14-15-16-17-18-19-20-21-22-23-24(7-2)25(26(28)29)27(3,4)5/h14-15,24-25H,6-13,16-23H2,1-5H3/p+1/b15-14-. The lowest BCUT2D eigenvalue weighted by atomic mass is 9.89. The van der Waals surface area contributed by atoms with Crippen LogP contribution < -0.4 is 0 Å². The van der Waals surface area contributed by atoms with Crippen LogP contribution in [0.3, 0.4) is 0 Å². The highest BCUT2D eigenvalue weighted by atomic mass is 16.4. The highest BCUT2D eigenvalue weighted by Crippen LogP contribution is 2.24. The highest BCUT2D eigenvalue weighted by molar-refractivity contribution is 5.72. The molecule has 172 valence electrons. The number of nitrogens with zero attached hydrogens (tertiary/aromatic N) is 1. The van der Waals surface area contributed by atoms with Gasteiger partial charge in [0.25, 0.3) is 0 Å². The van der Waals surface area contributed by atoms with E-state index in [0.29, 0.717) is 4.48 Å². The molecule has 0 bridgehead atoms. The van der Waals surface area contributed by atoms with Crippen LogP contribution in [0.4, 0.5) is 0 Å². The second-order valence-electron chi connectivity index (χ2n) is 9.79. The van der Waals surface area contributed by atoms with Gasteiger partial charge in [-0.1, -0.05) is 90.2 Å². The van der Waals surface area contributed by atoms with Gasteiger partial charge in [0.1, 0.15) is 0 Å². The Kier molecular flexibility index (Phi) is 17.5. The maximum Gasteiger partial charge on any atom is 0.362 e. The molecule has 0 saturated carbocycles. The third-order valence-electron chi connectivity index (χ3n) is 6.15. The van der Waals surface area contributed by atoms with Gasteiger partial charge in [0.2, 0.25) is 0 Å². The number of aliphatic carboxylic acids is 1. The van der Waals surface area contributed by atoms with Crippen molar-refractivity contribution in [2.45, 2.75) is 123 Å². The Hall–Kier alpha value is -0.830. The van der Waals surface area contributed by atoms with E-state index in [0.717, 1.165) is 12.8 Å². The molecular formula is C26H52NO2+. The molecule has 2 atom stereocenters. The second kappa shape index (κ2) is 18.0. The Morgan fingerprint density at radius 2 is 1.21 bits per heavy atom. The zero-order valence-electron chi connectivity index (χ0n) is 20.4. The SMILES string of the molecule is CCCCCCCC/C=C\CCCCCCCCC(CC)C(C(=O)O)[N+](C)(C)C. The number of likely N-dealkylation sites (N-methyl/N-ethyl adjacent to an activating group) is 1. The van der Waals surface area contributed by atoms with Gasteiger partial charge in [-0.3, -0.25) is 0 Å². The summed E-state index contributed by atoms with van der Waals surface area (Å²) in [6, 6.07) is -0.289. The molecule has 0 aromatic heterocycles. The smallest absolute Gasteiger partial charge is 0.362 e. The summed E-state index contributed by atoms with van der Waals surface area (Å²) in [5.74, 6) is -0.363. The average molecular weight is 411 g/mol. The first-order valence-corrected chi connectivity index (χ1v) is 12.5. The molecule has 0 aliphatic rings. The van der Waals surface area contributed by atoms with Gasteiger partial charge in [-0.05, 0) is 38.5 Å². The molecular weight excluding hydrogens is 358 g/mol. The van der Waals surface area contributed by atoms with Crippen molar-refractivity contribution >= 4 is 5.97 Å². The van der Waals surface area contributed by atoms with E-state index in [1.54, 1.807) is 0 Å². The molecule has 0 aliphatic heterocycles. The molecule has 0 aromatic carbocycles. The van der Waals surface area contributed by atoms with Crippen molar-refractivity contribution in [3.63, 3.8) is 0 Å². The van der Waals surface area contributed by atoms with Crippen LogP contribution in [0.2, 0.25) is 0 Å². The molecule has 0 radical (unpaired) electrons. The minimum Gasteiger partial charge on any atom is -0.477 e. The third kappa shape index (κ3) is 15.6. The zero-order chi connectivity index (χ0) is 22.0. The van der Waals surface area contributed by atoms with Gasteiger partial charge in [0, 0.05) is 5.92 Å². The fourth-order valence-electron chi connectivity index (χ4n) is 4.40. The van der Waals surface area contributed by atoms with Crippen LogP contribution in [0, 0.1) is 5.92 Å². The Labute approximate surface area is 182 Å². The molecule has 0 amide bonds. The zero-order valence-corrected chi connectivity index (χ0v) is 20.4. The van der Waals surface area contributed by atoms with Gasteiger partial charge in [-0.25, -0.2) is 4.79 Å². The summed E-state index contributed by atoms with van der Waals surface area (Å²) in [7, 11) is 6.01. The first-order valence-electron chi connectivity index (χ1n) is 12.5. The van der Waals surface area contributed by atoms with Crippen molar-refractivity contribution in [2.75, 3.05) is 21.1 Å². The van der Waals surface area contributed by atoms with Crippen molar-refractivity contribution in [1.29, 1.82) is 0 Å². The van der Waals surface area contributed by atoms with Crippen LogP contribution in [0.25, 0.3) is 0 Å². The predicted octanol–water partition coefficient (Wildman–Crippen LogP) is 7.60. The molecule has 0 saturated heterocycles. The Morgan fingerprint density at radius 3 is 1.62 bits per heavy atom. The summed E-state index contributed by atoms with van der Waals surface area (Å²) in [6.45, 7) is 4.41. The fraction of sp³-hybridized carbons (Fsp3) is 0.885. The van der Waals surface area contributed by atoms with Crippen molar-refractivity contribution < 1.29 is 14.4 Å². The molecule has 29 heavy (non-hydrogen) atoms. The molecule has 0 rings (SSSR count).